The first kappa shape index (κ1) is 24.8. The van der Waals surface area contributed by atoms with Gasteiger partial charge in [0.2, 0.25) is 23.1 Å². The molecule has 11 nitrogen and oxygen atoms in total. The molecule has 3 heterocycles. The standard InChI is InChI=1S/C27H23ClN4O7/c1-10-8-13-17(16(11-4-6-12(33)7-5-11)19-24(30-13)31-26(29)32-25(19)36)22(34)27(10)23(35)18-14(37-2)9-15(38-3)20(28)21(18)39-27/h4-7,9-10,16,33H,8H2,1-3H3,(H4,29,30,31,32,36)/t10-,16?,27+/m1/s1. The van der Waals surface area contributed by atoms with E-state index in [4.69, 9.17) is 31.5 Å². The smallest absolute Gasteiger partial charge is 0.258 e. The lowest BCUT2D eigenvalue weighted by atomic mass is 9.66. The lowest BCUT2D eigenvalue weighted by Crippen LogP contribution is -2.58. The Morgan fingerprint density at radius 3 is 2.49 bits per heavy atom. The number of aromatic hydroxyl groups is 1. The van der Waals surface area contributed by atoms with Crippen molar-refractivity contribution in [2.24, 2.45) is 5.92 Å². The number of methoxy groups -OCH3 is 2. The molecule has 1 aliphatic carbocycles. The Hall–Kier alpha value is -4.51. The highest BCUT2D eigenvalue weighted by molar-refractivity contribution is 6.36. The second kappa shape index (κ2) is 8.50. The fraction of sp³-hybridized carbons (Fsp3) is 0.259. The minimum absolute atomic E-state index is 0.000226. The summed E-state index contributed by atoms with van der Waals surface area (Å²) in [6, 6.07) is 7.57. The predicted molar refractivity (Wildman–Crippen MR) is 141 cm³/mol. The molecule has 12 heteroatoms. The van der Waals surface area contributed by atoms with Gasteiger partial charge in [0.1, 0.15) is 33.7 Å². The number of ketones is 2. The molecule has 1 spiro atoms. The molecule has 200 valence electrons. The Morgan fingerprint density at radius 2 is 1.82 bits per heavy atom. The largest absolute Gasteiger partial charge is 0.508 e. The summed E-state index contributed by atoms with van der Waals surface area (Å²) in [4.78, 5) is 48.7. The zero-order valence-corrected chi connectivity index (χ0v) is 21.8. The van der Waals surface area contributed by atoms with E-state index in [9.17, 15) is 19.5 Å². The average Bonchev–Trinajstić information content (AvgIpc) is 3.22. The van der Waals surface area contributed by atoms with Gasteiger partial charge in [0, 0.05) is 29.2 Å². The maximum absolute atomic E-state index is 14.6. The Labute approximate surface area is 226 Å². The van der Waals surface area contributed by atoms with E-state index in [1.54, 1.807) is 19.1 Å². The lowest BCUT2D eigenvalue weighted by Gasteiger charge is -2.42. The summed E-state index contributed by atoms with van der Waals surface area (Å²) < 4.78 is 17.0. The van der Waals surface area contributed by atoms with Crippen molar-refractivity contribution < 1.29 is 28.9 Å². The van der Waals surface area contributed by atoms with Crippen LogP contribution in [0.3, 0.4) is 0 Å². The van der Waals surface area contributed by atoms with Gasteiger partial charge in [-0.1, -0.05) is 30.7 Å². The van der Waals surface area contributed by atoms with Crippen molar-refractivity contribution in [2.45, 2.75) is 24.9 Å². The highest BCUT2D eigenvalue weighted by Gasteiger charge is 2.63. The number of phenolic OH excluding ortho intramolecular Hbond substituents is 1. The van der Waals surface area contributed by atoms with Gasteiger partial charge in [-0.25, -0.2) is 0 Å². The van der Waals surface area contributed by atoms with Crippen LogP contribution in [0.2, 0.25) is 5.02 Å². The van der Waals surface area contributed by atoms with Crippen LogP contribution in [0.5, 0.6) is 23.0 Å². The van der Waals surface area contributed by atoms with Gasteiger partial charge < -0.3 is 30.4 Å². The number of hydrogen-bond acceptors (Lipinski definition) is 10. The van der Waals surface area contributed by atoms with Gasteiger partial charge in [0.05, 0.1) is 19.8 Å². The molecule has 0 fully saturated rings. The van der Waals surface area contributed by atoms with Gasteiger partial charge in [0.15, 0.2) is 5.75 Å². The van der Waals surface area contributed by atoms with Crippen molar-refractivity contribution in [2.75, 3.05) is 25.3 Å². The molecule has 0 bridgehead atoms. The second-order valence-corrected chi connectivity index (χ2v) is 10.0. The fourth-order valence-electron chi connectivity index (χ4n) is 5.77. The van der Waals surface area contributed by atoms with Gasteiger partial charge in [0.25, 0.3) is 5.56 Å². The first-order valence-electron chi connectivity index (χ1n) is 12.0. The number of allylic oxidation sites excluding steroid dienone is 1. The van der Waals surface area contributed by atoms with E-state index in [-0.39, 0.29) is 62.9 Å². The summed E-state index contributed by atoms with van der Waals surface area (Å²) in [7, 11) is 2.80. The number of nitrogen functional groups attached to an aromatic ring is 1. The molecular weight excluding hydrogens is 528 g/mol. The molecule has 6 rings (SSSR count). The van der Waals surface area contributed by atoms with Gasteiger partial charge in [-0.15, -0.1) is 0 Å². The van der Waals surface area contributed by atoms with E-state index in [2.05, 4.69) is 15.3 Å². The van der Waals surface area contributed by atoms with Crippen molar-refractivity contribution >= 4 is 34.9 Å². The Bertz CT molecular complexity index is 1680. The fourth-order valence-corrected chi connectivity index (χ4v) is 6.03. The molecule has 0 amide bonds. The van der Waals surface area contributed by atoms with Gasteiger partial charge >= 0.3 is 0 Å². The number of aromatic nitrogens is 2. The number of rotatable bonds is 3. The van der Waals surface area contributed by atoms with Crippen LogP contribution in [0.1, 0.15) is 40.7 Å². The van der Waals surface area contributed by atoms with Gasteiger partial charge in [-0.2, -0.15) is 4.98 Å². The Morgan fingerprint density at radius 1 is 1.13 bits per heavy atom. The highest BCUT2D eigenvalue weighted by atomic mass is 35.5. The molecule has 3 aromatic rings. The van der Waals surface area contributed by atoms with Crippen LogP contribution >= 0.6 is 11.6 Å². The normalized spacial score (nSPS) is 23.1. The lowest BCUT2D eigenvalue weighted by molar-refractivity contribution is -0.130. The zero-order chi connectivity index (χ0) is 27.8. The third kappa shape index (κ3) is 3.29. The molecule has 5 N–H and O–H groups in total. The van der Waals surface area contributed by atoms with E-state index in [1.165, 1.54) is 32.4 Å². The van der Waals surface area contributed by atoms with Gasteiger partial charge in [-0.05, 0) is 24.1 Å². The number of carbonyl (C=O) groups is 2. The monoisotopic (exact) mass is 550 g/mol. The number of H-pyrrole nitrogens is 1. The molecule has 0 saturated carbocycles. The highest BCUT2D eigenvalue weighted by Crippen LogP contribution is 2.56. The van der Waals surface area contributed by atoms with Crippen LogP contribution in [0, 0.1) is 5.92 Å². The number of Topliss-reactive ketones (excluding diaryl/α,β-unsaturated/α-hetero) is 2. The molecule has 2 aromatic carbocycles. The maximum Gasteiger partial charge on any atom is 0.258 e. The molecule has 2 aliphatic heterocycles. The zero-order valence-electron chi connectivity index (χ0n) is 21.0. The molecule has 3 aliphatic rings. The average molecular weight is 551 g/mol. The maximum atomic E-state index is 14.6. The number of halogens is 1. The number of ether oxygens (including phenoxy) is 3. The van der Waals surface area contributed by atoms with Crippen molar-refractivity contribution in [1.29, 1.82) is 0 Å². The number of nitrogens with zero attached hydrogens (tertiary/aromatic N) is 1. The first-order valence-corrected chi connectivity index (χ1v) is 12.4. The molecular formula is C27H23ClN4O7. The number of nitrogens with two attached hydrogens (primary N) is 1. The third-order valence-electron chi connectivity index (χ3n) is 7.58. The summed E-state index contributed by atoms with van der Waals surface area (Å²) in [5.41, 5.74) is 4.68. The summed E-state index contributed by atoms with van der Waals surface area (Å²) in [6.45, 7) is 1.73. The molecule has 39 heavy (non-hydrogen) atoms. The topological polar surface area (TPSA) is 166 Å². The van der Waals surface area contributed by atoms with E-state index in [0.717, 1.165) is 0 Å². The second-order valence-electron chi connectivity index (χ2n) is 9.66. The number of benzene rings is 2. The number of aromatic amines is 1. The molecule has 0 radical (unpaired) electrons. The number of nitrogens with one attached hydrogen (secondary N) is 2. The number of anilines is 2. The van der Waals surface area contributed by atoms with E-state index < -0.39 is 34.6 Å². The first-order chi connectivity index (χ1) is 18.6. The van der Waals surface area contributed by atoms with Crippen molar-refractivity contribution in [3.05, 3.63) is 73.7 Å². The number of carbonyl (C=O) groups excluding carboxylic acids is 2. The van der Waals surface area contributed by atoms with Crippen LogP contribution in [0.4, 0.5) is 11.8 Å². The molecule has 3 atom stereocenters. The summed E-state index contributed by atoms with van der Waals surface area (Å²) in [5, 5.41) is 13.0. The summed E-state index contributed by atoms with van der Waals surface area (Å²) in [5.74, 6) is -2.30. The Balaban J connectivity index is 1.58. The minimum Gasteiger partial charge on any atom is -0.508 e. The Kier molecular flexibility index (Phi) is 5.41. The predicted octanol–water partition coefficient (Wildman–Crippen LogP) is 3.16. The molecule has 1 aromatic heterocycles. The van der Waals surface area contributed by atoms with Crippen molar-refractivity contribution in [1.82, 2.24) is 9.97 Å². The molecule has 0 saturated heterocycles. The minimum atomic E-state index is -1.97. The quantitative estimate of drug-likeness (QED) is 0.356. The van der Waals surface area contributed by atoms with E-state index >= 15 is 0 Å². The SMILES string of the molecule is COc1cc(OC)c2c(c1Cl)O[C@@]1(C(=O)C3=C(C[C@H]1C)Nc1nc(N)[nH]c(=O)c1C3c1ccc(O)cc1)C2=O. The van der Waals surface area contributed by atoms with Gasteiger partial charge in [-0.3, -0.25) is 19.4 Å². The van der Waals surface area contributed by atoms with E-state index in [1.807, 2.05) is 0 Å². The van der Waals surface area contributed by atoms with Crippen molar-refractivity contribution in [3.63, 3.8) is 0 Å². The number of hydrogen-bond donors (Lipinski definition) is 4. The van der Waals surface area contributed by atoms with Crippen molar-refractivity contribution in [3.8, 4) is 23.0 Å². The summed E-state index contributed by atoms with van der Waals surface area (Å²) in [6.07, 6.45) is 0.209. The third-order valence-corrected chi connectivity index (χ3v) is 7.93. The van der Waals surface area contributed by atoms with Crippen LogP contribution in [0.15, 0.2) is 46.4 Å². The van der Waals surface area contributed by atoms with Crippen LogP contribution in [-0.4, -0.2) is 46.5 Å². The van der Waals surface area contributed by atoms with Crippen LogP contribution < -0.4 is 30.8 Å². The number of phenols is 1. The molecule has 1 unspecified atom stereocenters. The number of fused-ring (bicyclic) bond motifs is 2. The van der Waals surface area contributed by atoms with E-state index in [0.29, 0.717) is 11.3 Å². The van der Waals surface area contributed by atoms with Crippen LogP contribution in [0.25, 0.3) is 0 Å². The van der Waals surface area contributed by atoms with Crippen LogP contribution in [-0.2, 0) is 4.79 Å². The summed E-state index contributed by atoms with van der Waals surface area (Å²) >= 11 is 6.54.